The molecule has 3 rings (SSSR count). The molecule has 1 N–H and O–H groups in total. The smallest absolute Gasteiger partial charge is 0.324 e. The lowest BCUT2D eigenvalue weighted by Gasteiger charge is -2.18. The Hall–Kier alpha value is -2.74. The van der Waals surface area contributed by atoms with E-state index in [9.17, 15) is 19.7 Å². The molecule has 130 valence electrons. The van der Waals surface area contributed by atoms with Gasteiger partial charge in [0.1, 0.15) is 0 Å². The average molecular weight is 359 g/mol. The van der Waals surface area contributed by atoms with Crippen LogP contribution in [0.3, 0.4) is 0 Å². The maximum absolute atomic E-state index is 12.6. The van der Waals surface area contributed by atoms with Crippen LogP contribution in [-0.2, 0) is 0 Å². The molecule has 2 heterocycles. The summed E-state index contributed by atoms with van der Waals surface area (Å²) in [6, 6.07) is 7.92. The minimum Gasteiger partial charge on any atom is -0.339 e. The zero-order valence-corrected chi connectivity index (χ0v) is 14.5. The van der Waals surface area contributed by atoms with Crippen molar-refractivity contribution in [2.75, 3.05) is 18.4 Å². The normalized spacial score (nSPS) is 13.7. The molecule has 0 atom stereocenters. The molecule has 1 aliphatic rings. The summed E-state index contributed by atoms with van der Waals surface area (Å²) in [6.07, 6.45) is 2.02. The Labute approximate surface area is 148 Å². The van der Waals surface area contributed by atoms with E-state index in [1.54, 1.807) is 25.1 Å². The number of nitrogens with one attached hydrogen (secondary N) is 1. The van der Waals surface area contributed by atoms with Crippen LogP contribution in [0.4, 0.5) is 10.7 Å². The molecular formula is C17H17N3O4S. The van der Waals surface area contributed by atoms with Crippen molar-refractivity contribution >= 4 is 33.8 Å². The zero-order chi connectivity index (χ0) is 18.0. The SMILES string of the molecule is Cc1c(NC(=O)c2ccc([N+](=O)[O-])s2)cccc1C(=O)N1CCCC1. The van der Waals surface area contributed by atoms with Crippen molar-refractivity contribution in [3.8, 4) is 0 Å². The molecule has 7 nitrogen and oxygen atoms in total. The van der Waals surface area contributed by atoms with Crippen molar-refractivity contribution in [3.63, 3.8) is 0 Å². The number of thiophene rings is 1. The number of nitro groups is 1. The molecule has 1 aromatic heterocycles. The number of hydrogen-bond acceptors (Lipinski definition) is 5. The molecule has 8 heteroatoms. The van der Waals surface area contributed by atoms with E-state index >= 15 is 0 Å². The third-order valence-corrected chi connectivity index (χ3v) is 5.24. The Morgan fingerprint density at radius 2 is 1.92 bits per heavy atom. The molecule has 25 heavy (non-hydrogen) atoms. The van der Waals surface area contributed by atoms with E-state index in [0.29, 0.717) is 16.8 Å². The largest absolute Gasteiger partial charge is 0.339 e. The molecule has 0 bridgehead atoms. The van der Waals surface area contributed by atoms with Gasteiger partial charge in [0.25, 0.3) is 11.8 Å². The van der Waals surface area contributed by atoms with Crippen LogP contribution in [-0.4, -0.2) is 34.7 Å². The first-order chi connectivity index (χ1) is 12.0. The summed E-state index contributed by atoms with van der Waals surface area (Å²) >= 11 is 0.819. The lowest BCUT2D eigenvalue weighted by molar-refractivity contribution is -0.380. The van der Waals surface area contributed by atoms with Gasteiger partial charge < -0.3 is 10.2 Å². The summed E-state index contributed by atoms with van der Waals surface area (Å²) in [5.74, 6) is -0.454. The summed E-state index contributed by atoms with van der Waals surface area (Å²) in [5.41, 5.74) is 1.79. The van der Waals surface area contributed by atoms with Gasteiger partial charge in [-0.25, -0.2) is 0 Å². The summed E-state index contributed by atoms with van der Waals surface area (Å²) in [5, 5.41) is 13.4. The number of carbonyl (C=O) groups is 2. The van der Waals surface area contributed by atoms with Gasteiger partial charge in [-0.3, -0.25) is 19.7 Å². The van der Waals surface area contributed by atoms with Crippen LogP contribution >= 0.6 is 11.3 Å². The van der Waals surface area contributed by atoms with Crippen LogP contribution in [0.25, 0.3) is 0 Å². The highest BCUT2D eigenvalue weighted by Gasteiger charge is 2.22. The van der Waals surface area contributed by atoms with Gasteiger partial charge in [0.05, 0.1) is 9.80 Å². The van der Waals surface area contributed by atoms with Gasteiger partial charge >= 0.3 is 5.00 Å². The van der Waals surface area contributed by atoms with Crippen molar-refractivity contribution in [1.82, 2.24) is 4.90 Å². The monoisotopic (exact) mass is 359 g/mol. The van der Waals surface area contributed by atoms with Gasteiger partial charge in [0, 0.05) is 30.4 Å². The number of benzene rings is 1. The Kier molecular flexibility index (Phi) is 4.80. The molecule has 1 aromatic carbocycles. The standard InChI is InChI=1S/C17H17N3O4S/c1-11-12(17(22)19-9-2-3-10-19)5-4-6-13(11)18-16(21)14-7-8-15(25-14)20(23)24/h4-8H,2-3,9-10H2,1H3,(H,18,21). The van der Waals surface area contributed by atoms with Crippen molar-refractivity contribution < 1.29 is 14.5 Å². The fraction of sp³-hybridized carbons (Fsp3) is 0.294. The predicted octanol–water partition coefficient (Wildman–Crippen LogP) is 3.45. The second kappa shape index (κ2) is 7.02. The molecule has 1 saturated heterocycles. The highest BCUT2D eigenvalue weighted by molar-refractivity contribution is 7.17. The first kappa shape index (κ1) is 17.1. The van der Waals surface area contributed by atoms with Crippen LogP contribution < -0.4 is 5.32 Å². The number of nitrogens with zero attached hydrogens (tertiary/aromatic N) is 2. The van der Waals surface area contributed by atoms with E-state index in [0.717, 1.165) is 37.3 Å². The van der Waals surface area contributed by atoms with Gasteiger partial charge in [0.2, 0.25) is 0 Å². The average Bonchev–Trinajstić information content (AvgIpc) is 3.28. The number of rotatable bonds is 4. The number of likely N-dealkylation sites (tertiary alicyclic amines) is 1. The minimum atomic E-state index is -0.526. The van der Waals surface area contributed by atoms with E-state index in [-0.39, 0.29) is 15.8 Å². The summed E-state index contributed by atoms with van der Waals surface area (Å²) in [6.45, 7) is 3.30. The van der Waals surface area contributed by atoms with E-state index in [4.69, 9.17) is 0 Å². The lowest BCUT2D eigenvalue weighted by Crippen LogP contribution is -2.28. The lowest BCUT2D eigenvalue weighted by atomic mass is 10.1. The van der Waals surface area contributed by atoms with Crippen LogP contribution in [0.1, 0.15) is 38.4 Å². The van der Waals surface area contributed by atoms with Crippen molar-refractivity contribution in [3.05, 3.63) is 56.5 Å². The summed E-state index contributed by atoms with van der Waals surface area (Å²) < 4.78 is 0. The molecule has 2 amide bonds. The molecule has 0 unspecified atom stereocenters. The second-order valence-corrected chi connectivity index (χ2v) is 6.89. The number of carbonyl (C=O) groups excluding carboxylic acids is 2. The quantitative estimate of drug-likeness (QED) is 0.668. The second-order valence-electron chi connectivity index (χ2n) is 5.83. The van der Waals surface area contributed by atoms with E-state index in [1.165, 1.54) is 12.1 Å². The Bertz CT molecular complexity index is 840. The summed E-state index contributed by atoms with van der Waals surface area (Å²) in [4.78, 5) is 37.2. The third-order valence-electron chi connectivity index (χ3n) is 4.20. The number of anilines is 1. The molecule has 1 aliphatic heterocycles. The summed E-state index contributed by atoms with van der Waals surface area (Å²) in [7, 11) is 0. The minimum absolute atomic E-state index is 0.0298. The van der Waals surface area contributed by atoms with Gasteiger partial charge in [0.15, 0.2) is 0 Å². The predicted molar refractivity (Wildman–Crippen MR) is 95.2 cm³/mol. The highest BCUT2D eigenvalue weighted by atomic mass is 32.1. The Balaban J connectivity index is 1.80. The van der Waals surface area contributed by atoms with Crippen molar-refractivity contribution in [1.29, 1.82) is 0 Å². The van der Waals surface area contributed by atoms with E-state index < -0.39 is 10.8 Å². The molecule has 0 spiro atoms. The highest BCUT2D eigenvalue weighted by Crippen LogP contribution is 2.26. The number of hydrogen-bond donors (Lipinski definition) is 1. The zero-order valence-electron chi connectivity index (χ0n) is 13.7. The topological polar surface area (TPSA) is 92.5 Å². The van der Waals surface area contributed by atoms with E-state index in [1.807, 2.05) is 4.90 Å². The van der Waals surface area contributed by atoms with Gasteiger partial charge in [-0.05, 0) is 43.5 Å². The van der Waals surface area contributed by atoms with E-state index in [2.05, 4.69) is 5.32 Å². The van der Waals surface area contributed by atoms with Gasteiger partial charge in [-0.15, -0.1) is 0 Å². The maximum Gasteiger partial charge on any atom is 0.324 e. The Morgan fingerprint density at radius 3 is 2.56 bits per heavy atom. The fourth-order valence-corrected chi connectivity index (χ4v) is 3.54. The third kappa shape index (κ3) is 3.53. The molecule has 0 saturated carbocycles. The Morgan fingerprint density at radius 1 is 1.20 bits per heavy atom. The molecule has 1 fully saturated rings. The molecule has 2 aromatic rings. The van der Waals surface area contributed by atoms with Crippen LogP contribution in [0.2, 0.25) is 0 Å². The molecule has 0 radical (unpaired) electrons. The molecule has 0 aliphatic carbocycles. The van der Waals surface area contributed by atoms with Crippen LogP contribution in [0, 0.1) is 17.0 Å². The van der Waals surface area contributed by atoms with Crippen LogP contribution in [0.15, 0.2) is 30.3 Å². The molecular weight excluding hydrogens is 342 g/mol. The first-order valence-corrected chi connectivity index (χ1v) is 8.73. The fourth-order valence-electron chi connectivity index (χ4n) is 2.83. The number of amides is 2. The first-order valence-electron chi connectivity index (χ1n) is 7.92. The maximum atomic E-state index is 12.6. The van der Waals surface area contributed by atoms with Gasteiger partial charge in [-0.1, -0.05) is 17.4 Å². The van der Waals surface area contributed by atoms with Gasteiger partial charge in [-0.2, -0.15) is 0 Å². The van der Waals surface area contributed by atoms with Crippen molar-refractivity contribution in [2.24, 2.45) is 0 Å². The van der Waals surface area contributed by atoms with Crippen LogP contribution in [0.5, 0.6) is 0 Å². The van der Waals surface area contributed by atoms with Crippen molar-refractivity contribution in [2.45, 2.75) is 19.8 Å².